The predicted octanol–water partition coefficient (Wildman–Crippen LogP) is 1.74. The lowest BCUT2D eigenvalue weighted by Crippen LogP contribution is -2.45. The van der Waals surface area contributed by atoms with Crippen LogP contribution in [0.15, 0.2) is 54.6 Å². The zero-order valence-corrected chi connectivity index (χ0v) is 13.4. The summed E-state index contributed by atoms with van der Waals surface area (Å²) < 4.78 is 19.3. The number of ether oxygens (including phenoxy) is 1. The van der Waals surface area contributed by atoms with Crippen molar-refractivity contribution in [3.05, 3.63) is 66.0 Å². The number of carbonyl (C=O) groups excluding carboxylic acids is 2. The number of hydrogen-bond donors (Lipinski definition) is 3. The lowest BCUT2D eigenvalue weighted by Gasteiger charge is -2.21. The second-order valence-corrected chi connectivity index (χ2v) is 5.62. The van der Waals surface area contributed by atoms with E-state index in [-0.39, 0.29) is 30.8 Å². The number of urea groups is 1. The molecule has 25 heavy (non-hydrogen) atoms. The van der Waals surface area contributed by atoms with Crippen LogP contribution >= 0.6 is 0 Å². The Hall–Kier alpha value is -3.09. The van der Waals surface area contributed by atoms with Gasteiger partial charge in [-0.1, -0.05) is 42.5 Å². The van der Waals surface area contributed by atoms with E-state index in [1.165, 1.54) is 12.1 Å². The molecule has 3 rings (SSSR count). The van der Waals surface area contributed by atoms with Crippen molar-refractivity contribution in [2.75, 3.05) is 13.2 Å². The third-order valence-corrected chi connectivity index (χ3v) is 3.85. The van der Waals surface area contributed by atoms with Gasteiger partial charge in [-0.3, -0.25) is 4.79 Å². The number of nitrogens with one attached hydrogen (secondary N) is 3. The summed E-state index contributed by atoms with van der Waals surface area (Å²) in [5.74, 6) is -0.675. The maximum atomic E-state index is 13.7. The summed E-state index contributed by atoms with van der Waals surface area (Å²) in [4.78, 5) is 23.6. The number of halogens is 1. The van der Waals surface area contributed by atoms with Crippen molar-refractivity contribution in [2.45, 2.75) is 12.1 Å². The van der Waals surface area contributed by atoms with Crippen molar-refractivity contribution < 1.29 is 18.7 Å². The molecule has 0 saturated carbocycles. The minimum absolute atomic E-state index is 0.0603. The first-order valence-electron chi connectivity index (χ1n) is 7.90. The molecule has 2 aromatic carbocycles. The largest absolute Gasteiger partial charge is 0.488 e. The topological polar surface area (TPSA) is 79.5 Å². The molecule has 0 bridgehead atoms. The lowest BCUT2D eigenvalue weighted by molar-refractivity contribution is -0.123. The highest BCUT2D eigenvalue weighted by Crippen LogP contribution is 2.19. The summed E-state index contributed by atoms with van der Waals surface area (Å²) >= 11 is 0. The number of benzene rings is 2. The van der Waals surface area contributed by atoms with Crippen LogP contribution in [-0.4, -0.2) is 31.1 Å². The molecule has 1 heterocycles. The molecule has 130 valence electrons. The van der Waals surface area contributed by atoms with Gasteiger partial charge in [0, 0.05) is 6.54 Å². The second kappa shape index (κ2) is 7.65. The van der Waals surface area contributed by atoms with Crippen molar-refractivity contribution >= 4 is 11.9 Å². The lowest BCUT2D eigenvalue weighted by atomic mass is 10.1. The SMILES string of the molecule is O=C1NC[C@H](C(=O)N[C@H](COc2ccccc2F)c2ccccc2)N1. The molecule has 0 aliphatic carbocycles. The van der Waals surface area contributed by atoms with Gasteiger partial charge >= 0.3 is 6.03 Å². The first kappa shape index (κ1) is 16.8. The van der Waals surface area contributed by atoms with Crippen LogP contribution in [-0.2, 0) is 4.79 Å². The molecule has 1 fully saturated rings. The van der Waals surface area contributed by atoms with Crippen LogP contribution in [0.25, 0.3) is 0 Å². The Labute approximate surface area is 144 Å². The van der Waals surface area contributed by atoms with Crippen LogP contribution in [0.1, 0.15) is 11.6 Å². The van der Waals surface area contributed by atoms with Crippen molar-refractivity contribution in [2.24, 2.45) is 0 Å². The Kier molecular flexibility index (Phi) is 5.13. The highest BCUT2D eigenvalue weighted by molar-refractivity contribution is 5.90. The predicted molar refractivity (Wildman–Crippen MR) is 89.5 cm³/mol. The fourth-order valence-corrected chi connectivity index (χ4v) is 2.53. The Morgan fingerprint density at radius 1 is 1.20 bits per heavy atom. The van der Waals surface area contributed by atoms with Gasteiger partial charge in [0.2, 0.25) is 5.91 Å². The Morgan fingerprint density at radius 2 is 1.92 bits per heavy atom. The molecular formula is C18H18FN3O3. The zero-order valence-electron chi connectivity index (χ0n) is 13.4. The highest BCUT2D eigenvalue weighted by atomic mass is 19.1. The summed E-state index contributed by atoms with van der Waals surface area (Å²) in [5, 5.41) is 7.91. The van der Waals surface area contributed by atoms with Gasteiger partial charge in [-0.05, 0) is 17.7 Å². The van der Waals surface area contributed by atoms with Gasteiger partial charge in [0.15, 0.2) is 11.6 Å². The monoisotopic (exact) mass is 343 g/mol. The molecular weight excluding hydrogens is 325 g/mol. The normalized spacial score (nSPS) is 17.3. The molecule has 2 atom stereocenters. The van der Waals surface area contributed by atoms with Gasteiger partial charge < -0.3 is 20.7 Å². The zero-order chi connectivity index (χ0) is 17.6. The standard InChI is InChI=1S/C18H18FN3O3/c19-13-8-4-5-9-16(13)25-11-15(12-6-2-1-3-7-12)21-17(23)14-10-20-18(24)22-14/h1-9,14-15H,10-11H2,(H,21,23)(H2,20,22,24)/t14-,15-/m1/s1. The van der Waals surface area contributed by atoms with E-state index in [0.29, 0.717) is 0 Å². The van der Waals surface area contributed by atoms with Gasteiger partial charge in [-0.25, -0.2) is 9.18 Å². The summed E-state index contributed by atoms with van der Waals surface area (Å²) in [5.41, 5.74) is 0.824. The van der Waals surface area contributed by atoms with E-state index >= 15 is 0 Å². The number of amides is 3. The van der Waals surface area contributed by atoms with Crippen molar-refractivity contribution in [3.63, 3.8) is 0 Å². The Balaban J connectivity index is 1.70. The molecule has 1 aliphatic heterocycles. The molecule has 2 aromatic rings. The van der Waals surface area contributed by atoms with E-state index in [2.05, 4.69) is 16.0 Å². The van der Waals surface area contributed by atoms with E-state index in [4.69, 9.17) is 4.74 Å². The molecule has 1 saturated heterocycles. The minimum Gasteiger partial charge on any atom is -0.488 e. The number of carbonyl (C=O) groups is 2. The minimum atomic E-state index is -0.646. The quantitative estimate of drug-likeness (QED) is 0.747. The second-order valence-electron chi connectivity index (χ2n) is 5.62. The van der Waals surface area contributed by atoms with Crippen LogP contribution in [0, 0.1) is 5.82 Å². The van der Waals surface area contributed by atoms with Gasteiger partial charge in [-0.15, -0.1) is 0 Å². The molecule has 0 spiro atoms. The number of hydrogen-bond acceptors (Lipinski definition) is 3. The average Bonchev–Trinajstić information content (AvgIpc) is 3.07. The van der Waals surface area contributed by atoms with Gasteiger partial charge in [0.1, 0.15) is 12.6 Å². The van der Waals surface area contributed by atoms with Gasteiger partial charge in [0.25, 0.3) is 0 Å². The Morgan fingerprint density at radius 3 is 2.60 bits per heavy atom. The molecule has 3 N–H and O–H groups in total. The van der Waals surface area contributed by atoms with E-state index in [9.17, 15) is 14.0 Å². The molecule has 3 amide bonds. The third-order valence-electron chi connectivity index (χ3n) is 3.85. The van der Waals surface area contributed by atoms with E-state index in [1.807, 2.05) is 30.3 Å². The van der Waals surface area contributed by atoms with E-state index < -0.39 is 17.9 Å². The van der Waals surface area contributed by atoms with Crippen LogP contribution in [0.3, 0.4) is 0 Å². The molecule has 1 aliphatic rings. The van der Waals surface area contributed by atoms with Crippen LogP contribution in [0.5, 0.6) is 5.75 Å². The van der Waals surface area contributed by atoms with E-state index in [0.717, 1.165) is 5.56 Å². The summed E-state index contributed by atoms with van der Waals surface area (Å²) in [7, 11) is 0. The maximum absolute atomic E-state index is 13.7. The average molecular weight is 343 g/mol. The van der Waals surface area contributed by atoms with Crippen molar-refractivity contribution in [1.82, 2.24) is 16.0 Å². The molecule has 0 unspecified atom stereocenters. The first-order valence-corrected chi connectivity index (χ1v) is 7.90. The summed E-state index contributed by atoms with van der Waals surface area (Å²) in [6.45, 7) is 0.283. The van der Waals surface area contributed by atoms with Gasteiger partial charge in [-0.2, -0.15) is 0 Å². The highest BCUT2D eigenvalue weighted by Gasteiger charge is 2.28. The molecule has 0 aromatic heterocycles. The summed E-state index contributed by atoms with van der Waals surface area (Å²) in [6.07, 6.45) is 0. The maximum Gasteiger partial charge on any atom is 0.315 e. The summed E-state index contributed by atoms with van der Waals surface area (Å²) in [6, 6.07) is 13.8. The number of rotatable bonds is 6. The first-order chi connectivity index (χ1) is 12.1. The fourth-order valence-electron chi connectivity index (χ4n) is 2.53. The smallest absolute Gasteiger partial charge is 0.315 e. The van der Waals surface area contributed by atoms with Crippen LogP contribution in [0.2, 0.25) is 0 Å². The van der Waals surface area contributed by atoms with Crippen molar-refractivity contribution in [3.8, 4) is 5.75 Å². The number of para-hydroxylation sites is 1. The fraction of sp³-hybridized carbons (Fsp3) is 0.222. The van der Waals surface area contributed by atoms with E-state index in [1.54, 1.807) is 12.1 Å². The van der Waals surface area contributed by atoms with Crippen LogP contribution < -0.4 is 20.7 Å². The van der Waals surface area contributed by atoms with Crippen molar-refractivity contribution in [1.29, 1.82) is 0 Å². The molecule has 0 radical (unpaired) electrons. The molecule has 6 nitrogen and oxygen atoms in total. The van der Waals surface area contributed by atoms with Gasteiger partial charge in [0.05, 0.1) is 6.04 Å². The van der Waals surface area contributed by atoms with Crippen LogP contribution in [0.4, 0.5) is 9.18 Å². The Bertz CT molecular complexity index is 754. The third kappa shape index (κ3) is 4.26. The molecule has 7 heteroatoms.